The van der Waals surface area contributed by atoms with E-state index >= 15 is 0 Å². The van der Waals surface area contributed by atoms with Crippen LogP contribution in [0.5, 0.6) is 0 Å². The number of hydrogen-bond donors (Lipinski definition) is 4. The number of rotatable bonds is 10. The molecule has 0 aliphatic heterocycles. The summed E-state index contributed by atoms with van der Waals surface area (Å²) in [6.45, 7) is 1.72. The van der Waals surface area contributed by atoms with E-state index in [0.717, 1.165) is 0 Å². The molecule has 1 amide bonds. The Hall–Kier alpha value is -1.72. The summed E-state index contributed by atoms with van der Waals surface area (Å²) in [5, 5.41) is 32.0. The number of hydrogen-bond acceptors (Lipinski definition) is 6. The number of carboxylic acids is 1. The van der Waals surface area contributed by atoms with Crippen LogP contribution in [0, 0.1) is 11.3 Å². The average Bonchev–Trinajstić information content (AvgIpc) is 2.47. The molecule has 0 fully saturated rings. The van der Waals surface area contributed by atoms with Crippen molar-refractivity contribution in [2.75, 3.05) is 18.6 Å². The maximum absolute atomic E-state index is 11.9. The fraction of sp³-hybridized carbons (Fsp3) is 0.615. The highest BCUT2D eigenvalue weighted by atomic mass is 32.2. The highest BCUT2D eigenvalue weighted by Crippen LogP contribution is 2.03. The van der Waals surface area contributed by atoms with Crippen LogP contribution in [0.15, 0.2) is 11.8 Å². The van der Waals surface area contributed by atoms with Gasteiger partial charge in [0.15, 0.2) is 0 Å². The summed E-state index contributed by atoms with van der Waals surface area (Å²) in [6.07, 6.45) is 3.94. The Labute approximate surface area is 128 Å². The van der Waals surface area contributed by atoms with E-state index in [9.17, 15) is 9.59 Å². The Kier molecular flexibility index (Phi) is 10.1. The number of carbonyl (C=O) groups excluding carboxylic acids is 1. The van der Waals surface area contributed by atoms with Gasteiger partial charge in [-0.25, -0.2) is 4.79 Å². The van der Waals surface area contributed by atoms with Crippen molar-refractivity contribution in [3.8, 4) is 6.07 Å². The van der Waals surface area contributed by atoms with Crippen LogP contribution in [0.3, 0.4) is 0 Å². The van der Waals surface area contributed by atoms with Crippen molar-refractivity contribution in [2.24, 2.45) is 0 Å². The molecule has 118 valence electrons. The fourth-order valence-electron chi connectivity index (χ4n) is 1.38. The molecule has 0 saturated carbocycles. The number of aliphatic hydroxyl groups excluding tert-OH is 1. The van der Waals surface area contributed by atoms with Crippen LogP contribution >= 0.6 is 11.8 Å². The van der Waals surface area contributed by atoms with E-state index in [1.807, 2.05) is 13.2 Å². The van der Waals surface area contributed by atoms with Gasteiger partial charge >= 0.3 is 5.97 Å². The van der Waals surface area contributed by atoms with Crippen LogP contribution in [-0.2, 0) is 9.59 Å². The van der Waals surface area contributed by atoms with E-state index in [1.54, 1.807) is 6.07 Å². The molecule has 0 saturated heterocycles. The molecule has 0 heterocycles. The molecule has 0 radical (unpaired) electrons. The molecule has 2 unspecified atom stereocenters. The highest BCUT2D eigenvalue weighted by molar-refractivity contribution is 7.98. The van der Waals surface area contributed by atoms with E-state index in [1.165, 1.54) is 18.0 Å². The number of nitrogens with zero attached hydrogens (tertiary/aromatic N) is 1. The smallest absolute Gasteiger partial charge is 0.326 e. The number of thioether (sulfide) groups is 1. The minimum Gasteiger partial charge on any atom is -0.480 e. The molecule has 0 spiro atoms. The number of aliphatic hydroxyl groups is 1. The monoisotopic (exact) mass is 315 g/mol. The lowest BCUT2D eigenvalue weighted by Gasteiger charge is -2.15. The standard InChI is InChI=1S/C13H21N3O4S/c1-3-10(8-17)15-7-9(6-14)12(18)16-11(13(19)20)4-5-21-2/h7,10-11,15,17H,3-5,8H2,1-2H3,(H,16,18)(H,19,20)/b9-7-. The molecule has 0 aromatic carbocycles. The Morgan fingerprint density at radius 2 is 2.14 bits per heavy atom. The minimum absolute atomic E-state index is 0.126. The van der Waals surface area contributed by atoms with E-state index in [4.69, 9.17) is 15.5 Å². The summed E-state index contributed by atoms with van der Waals surface area (Å²) in [7, 11) is 0. The Morgan fingerprint density at radius 1 is 1.48 bits per heavy atom. The summed E-state index contributed by atoms with van der Waals surface area (Å²) < 4.78 is 0. The van der Waals surface area contributed by atoms with Gasteiger partial charge in [-0.05, 0) is 24.9 Å². The number of amides is 1. The molecule has 21 heavy (non-hydrogen) atoms. The molecule has 0 aromatic rings. The lowest BCUT2D eigenvalue weighted by atomic mass is 10.2. The Balaban J connectivity index is 4.73. The zero-order valence-corrected chi connectivity index (χ0v) is 12.9. The predicted molar refractivity (Wildman–Crippen MR) is 80.6 cm³/mol. The number of nitriles is 1. The molecule has 0 bridgehead atoms. The van der Waals surface area contributed by atoms with E-state index in [2.05, 4.69) is 10.6 Å². The molecule has 8 heteroatoms. The number of carbonyl (C=O) groups is 2. The Bertz CT molecular complexity index is 416. The van der Waals surface area contributed by atoms with Crippen molar-refractivity contribution >= 4 is 23.6 Å². The first-order valence-corrected chi connectivity index (χ1v) is 7.89. The van der Waals surface area contributed by atoms with Crippen molar-refractivity contribution in [3.05, 3.63) is 11.8 Å². The van der Waals surface area contributed by atoms with Crippen molar-refractivity contribution in [1.29, 1.82) is 5.26 Å². The van der Waals surface area contributed by atoms with Crippen LogP contribution in [0.25, 0.3) is 0 Å². The summed E-state index contributed by atoms with van der Waals surface area (Å²) >= 11 is 1.47. The highest BCUT2D eigenvalue weighted by Gasteiger charge is 2.21. The second-order valence-electron chi connectivity index (χ2n) is 4.27. The van der Waals surface area contributed by atoms with Crippen LogP contribution in [0.1, 0.15) is 19.8 Å². The first kappa shape index (κ1) is 19.3. The zero-order chi connectivity index (χ0) is 16.3. The fourth-order valence-corrected chi connectivity index (χ4v) is 1.85. The average molecular weight is 315 g/mol. The van der Waals surface area contributed by atoms with Crippen LogP contribution in [-0.4, -0.2) is 52.8 Å². The second kappa shape index (κ2) is 11.0. The maximum atomic E-state index is 11.9. The molecule has 2 atom stereocenters. The third-order valence-corrected chi connectivity index (χ3v) is 3.40. The van der Waals surface area contributed by atoms with Crippen molar-refractivity contribution < 1.29 is 19.8 Å². The van der Waals surface area contributed by atoms with Gasteiger partial charge in [0.1, 0.15) is 17.7 Å². The molecule has 0 aromatic heterocycles. The summed E-state index contributed by atoms with van der Waals surface area (Å²) in [4.78, 5) is 22.9. The lowest BCUT2D eigenvalue weighted by Crippen LogP contribution is -2.42. The SMILES string of the molecule is CCC(CO)N/C=C(/C#N)C(=O)NC(CCSC)C(=O)O. The summed E-state index contributed by atoms with van der Waals surface area (Å²) in [5.74, 6) is -1.29. The number of nitrogens with one attached hydrogen (secondary N) is 2. The minimum atomic E-state index is -1.13. The molecular formula is C13H21N3O4S. The van der Waals surface area contributed by atoms with Crippen LogP contribution < -0.4 is 10.6 Å². The van der Waals surface area contributed by atoms with Gasteiger partial charge in [0.25, 0.3) is 5.91 Å². The largest absolute Gasteiger partial charge is 0.480 e. The van der Waals surface area contributed by atoms with Gasteiger partial charge in [-0.1, -0.05) is 6.92 Å². The Morgan fingerprint density at radius 3 is 2.57 bits per heavy atom. The third-order valence-electron chi connectivity index (χ3n) is 2.76. The van der Waals surface area contributed by atoms with Gasteiger partial charge in [0, 0.05) is 12.2 Å². The summed E-state index contributed by atoms with van der Waals surface area (Å²) in [6, 6.07) is 0.430. The molecule has 4 N–H and O–H groups in total. The normalized spacial score (nSPS) is 13.9. The molecular weight excluding hydrogens is 294 g/mol. The lowest BCUT2D eigenvalue weighted by molar-refractivity contribution is -0.141. The first-order valence-electron chi connectivity index (χ1n) is 6.49. The zero-order valence-electron chi connectivity index (χ0n) is 12.1. The molecule has 0 aliphatic carbocycles. The quantitative estimate of drug-likeness (QED) is 0.332. The third kappa shape index (κ3) is 7.58. The predicted octanol–water partition coefficient (Wildman–Crippen LogP) is 0.0769. The second-order valence-corrected chi connectivity index (χ2v) is 5.26. The number of aliphatic carboxylic acids is 1. The van der Waals surface area contributed by atoms with Gasteiger partial charge in [-0.3, -0.25) is 4.79 Å². The summed E-state index contributed by atoms with van der Waals surface area (Å²) in [5.41, 5.74) is -0.225. The van der Waals surface area contributed by atoms with Crippen molar-refractivity contribution in [3.63, 3.8) is 0 Å². The molecule has 0 aliphatic rings. The molecule has 7 nitrogen and oxygen atoms in total. The molecule has 0 rings (SSSR count). The topological polar surface area (TPSA) is 122 Å². The number of carboxylic acid groups (broad SMARTS) is 1. The van der Waals surface area contributed by atoms with Gasteiger partial charge in [-0.2, -0.15) is 17.0 Å². The van der Waals surface area contributed by atoms with E-state index in [-0.39, 0.29) is 24.6 Å². The van der Waals surface area contributed by atoms with E-state index < -0.39 is 17.9 Å². The first-order chi connectivity index (χ1) is 9.99. The van der Waals surface area contributed by atoms with Gasteiger partial charge in [0.05, 0.1) is 6.61 Å². The van der Waals surface area contributed by atoms with E-state index in [0.29, 0.717) is 12.2 Å². The van der Waals surface area contributed by atoms with Gasteiger partial charge in [0.2, 0.25) is 0 Å². The van der Waals surface area contributed by atoms with Crippen molar-refractivity contribution in [1.82, 2.24) is 10.6 Å². The van der Waals surface area contributed by atoms with Crippen molar-refractivity contribution in [2.45, 2.75) is 31.8 Å². The van der Waals surface area contributed by atoms with Crippen LogP contribution in [0.4, 0.5) is 0 Å². The maximum Gasteiger partial charge on any atom is 0.326 e. The van der Waals surface area contributed by atoms with Crippen LogP contribution in [0.2, 0.25) is 0 Å². The van der Waals surface area contributed by atoms with Gasteiger partial charge in [-0.15, -0.1) is 0 Å². The van der Waals surface area contributed by atoms with Gasteiger partial charge < -0.3 is 20.8 Å².